The number of carbonyl (C=O) groups is 4. The molecule has 1 aliphatic heterocycles. The van der Waals surface area contributed by atoms with E-state index in [1.807, 2.05) is 43.5 Å². The van der Waals surface area contributed by atoms with E-state index in [0.717, 1.165) is 34.4 Å². The van der Waals surface area contributed by atoms with Gasteiger partial charge < -0.3 is 29.4 Å². The number of ether oxygens (including phenoxy) is 4. The van der Waals surface area contributed by atoms with Crippen LogP contribution in [0.4, 0.5) is 10.5 Å². The number of hydrogen-bond donors (Lipinski definition) is 2. The Balaban J connectivity index is 1.15. The first-order valence-electron chi connectivity index (χ1n) is 16.8. The lowest BCUT2D eigenvalue weighted by Gasteiger charge is -2.29. The van der Waals surface area contributed by atoms with Gasteiger partial charge in [-0.2, -0.15) is 5.10 Å². The first kappa shape index (κ1) is 36.2. The second kappa shape index (κ2) is 15.8. The molecule has 6 rings (SSSR count). The van der Waals surface area contributed by atoms with Gasteiger partial charge in [0.2, 0.25) is 0 Å². The van der Waals surface area contributed by atoms with Crippen molar-refractivity contribution in [2.24, 2.45) is 5.92 Å². The first-order valence-corrected chi connectivity index (χ1v) is 17.2. The predicted molar refractivity (Wildman–Crippen MR) is 191 cm³/mol. The number of anilines is 1. The normalized spacial score (nSPS) is 16.2. The number of carboxylic acids is 1. The Labute approximate surface area is 305 Å². The van der Waals surface area contributed by atoms with Crippen LogP contribution in [0.25, 0.3) is 11.1 Å². The number of carbonyl (C=O) groups excluding carboxylic acids is 3. The van der Waals surface area contributed by atoms with E-state index in [9.17, 15) is 19.2 Å². The van der Waals surface area contributed by atoms with E-state index >= 15 is 0 Å². The highest BCUT2D eigenvalue weighted by atomic mass is 35.5. The first-order chi connectivity index (χ1) is 25.1. The Bertz CT molecular complexity index is 2000. The van der Waals surface area contributed by atoms with Crippen LogP contribution in [0.2, 0.25) is 5.02 Å². The summed E-state index contributed by atoms with van der Waals surface area (Å²) in [4.78, 5) is 51.5. The number of nitrogens with zero attached hydrogens (tertiary/aromatic N) is 3. The van der Waals surface area contributed by atoms with Crippen molar-refractivity contribution in [3.63, 3.8) is 0 Å². The minimum absolute atomic E-state index is 0.0834. The fourth-order valence-corrected chi connectivity index (χ4v) is 6.71. The molecule has 3 aromatic carbocycles. The standard InChI is InChI=1S/C38H39ClN4O9/c1-22-29(39)7-5-9-32(22)51-14-15-52-38(48)43-21-24-17-28(24)35-27(6-4-8-31(35)43)26-18-40-42(20-26)19-25-16-23(10-12-33(25)49-2)36(46)41-30(37(47)50-3)11-13-34(44)45/h4-10,12,16,18,20,24,28,30H,11,13-15,17,19,21H2,1-3H3,(H,41,46)(H,44,45)/t24-,28-,30?/m0/s1. The summed E-state index contributed by atoms with van der Waals surface area (Å²) in [6.07, 6.45) is 3.79. The maximum absolute atomic E-state index is 13.3. The van der Waals surface area contributed by atoms with Crippen molar-refractivity contribution >= 4 is 41.2 Å². The number of halogens is 1. The van der Waals surface area contributed by atoms with Gasteiger partial charge >= 0.3 is 18.0 Å². The van der Waals surface area contributed by atoms with Crippen molar-refractivity contribution in [1.29, 1.82) is 0 Å². The van der Waals surface area contributed by atoms with E-state index < -0.39 is 30.0 Å². The van der Waals surface area contributed by atoms with E-state index in [2.05, 4.69) is 10.4 Å². The van der Waals surface area contributed by atoms with Crippen LogP contribution in [0.15, 0.2) is 67.0 Å². The zero-order chi connectivity index (χ0) is 36.9. The van der Waals surface area contributed by atoms with Gasteiger partial charge in [0.1, 0.15) is 30.8 Å². The highest BCUT2D eigenvalue weighted by Crippen LogP contribution is 2.57. The molecule has 272 valence electrons. The van der Waals surface area contributed by atoms with Gasteiger partial charge in [-0.15, -0.1) is 0 Å². The molecule has 14 heteroatoms. The number of carboxylic acid groups (broad SMARTS) is 1. The molecular formula is C38H39ClN4O9. The smallest absolute Gasteiger partial charge is 0.414 e. The summed E-state index contributed by atoms with van der Waals surface area (Å²) >= 11 is 6.19. The summed E-state index contributed by atoms with van der Waals surface area (Å²) in [5.74, 6) is -0.550. The van der Waals surface area contributed by atoms with Crippen molar-refractivity contribution in [3.8, 4) is 22.6 Å². The van der Waals surface area contributed by atoms with Crippen LogP contribution in [-0.4, -0.2) is 78.8 Å². The number of rotatable bonds is 14. The number of methoxy groups -OCH3 is 2. The SMILES string of the molecule is COC(=O)C(CCC(=O)O)NC(=O)c1ccc(OC)c(Cn2cc(-c3cccc4c3[C@H]3C[C@H]3CN4C(=O)OCCOc3cccc(Cl)c3C)cn2)c1. The Morgan fingerprint density at radius 1 is 1.06 bits per heavy atom. The number of hydrogen-bond acceptors (Lipinski definition) is 9. The molecule has 4 aromatic rings. The van der Waals surface area contributed by atoms with Crippen LogP contribution < -0.4 is 19.7 Å². The van der Waals surface area contributed by atoms with Crippen LogP contribution in [-0.2, 0) is 25.6 Å². The van der Waals surface area contributed by atoms with E-state index in [1.54, 1.807) is 40.0 Å². The van der Waals surface area contributed by atoms with Gasteiger partial charge in [0.15, 0.2) is 0 Å². The quantitative estimate of drug-likeness (QED) is 0.119. The Kier molecular flexibility index (Phi) is 11.0. The van der Waals surface area contributed by atoms with Gasteiger partial charge in [-0.25, -0.2) is 9.59 Å². The lowest BCUT2D eigenvalue weighted by atomic mass is 9.93. The number of esters is 1. The average molecular weight is 731 g/mol. The molecule has 0 radical (unpaired) electrons. The van der Waals surface area contributed by atoms with E-state index in [0.29, 0.717) is 40.5 Å². The Morgan fingerprint density at radius 2 is 1.87 bits per heavy atom. The molecule has 0 bridgehead atoms. The average Bonchev–Trinajstić information content (AvgIpc) is 3.79. The summed E-state index contributed by atoms with van der Waals surface area (Å²) in [6.45, 7) is 2.99. The van der Waals surface area contributed by atoms with E-state index in [1.165, 1.54) is 14.2 Å². The highest BCUT2D eigenvalue weighted by molar-refractivity contribution is 6.31. The van der Waals surface area contributed by atoms with Crippen molar-refractivity contribution in [2.45, 2.75) is 44.7 Å². The van der Waals surface area contributed by atoms with E-state index in [-0.39, 0.29) is 38.2 Å². The number of amides is 2. The van der Waals surface area contributed by atoms with Crippen LogP contribution in [0.5, 0.6) is 11.5 Å². The van der Waals surface area contributed by atoms with Crippen molar-refractivity contribution in [1.82, 2.24) is 15.1 Å². The van der Waals surface area contributed by atoms with Crippen molar-refractivity contribution in [3.05, 3.63) is 94.3 Å². The van der Waals surface area contributed by atoms with Gasteiger partial charge in [-0.3, -0.25) is 19.2 Å². The van der Waals surface area contributed by atoms with Crippen LogP contribution >= 0.6 is 11.6 Å². The van der Waals surface area contributed by atoms with Crippen LogP contribution in [0, 0.1) is 12.8 Å². The summed E-state index contributed by atoms with van der Waals surface area (Å²) in [6, 6.07) is 15.1. The number of benzene rings is 3. The van der Waals surface area contributed by atoms with Gasteiger partial charge in [0.25, 0.3) is 5.91 Å². The third-order valence-corrected chi connectivity index (χ3v) is 9.76. The van der Waals surface area contributed by atoms with Gasteiger partial charge in [-0.05, 0) is 79.1 Å². The molecular weight excluding hydrogens is 692 g/mol. The Morgan fingerprint density at radius 3 is 2.63 bits per heavy atom. The second-order valence-corrected chi connectivity index (χ2v) is 13.1. The molecule has 2 N–H and O–H groups in total. The zero-order valence-electron chi connectivity index (χ0n) is 29.0. The van der Waals surface area contributed by atoms with Gasteiger partial charge in [0.05, 0.1) is 32.6 Å². The lowest BCUT2D eigenvalue weighted by molar-refractivity contribution is -0.143. The number of aliphatic carboxylic acids is 1. The molecule has 1 fully saturated rings. The third kappa shape index (κ3) is 7.99. The molecule has 3 atom stereocenters. The van der Waals surface area contributed by atoms with Crippen molar-refractivity contribution in [2.75, 3.05) is 38.9 Å². The molecule has 2 heterocycles. The molecule has 1 aromatic heterocycles. The predicted octanol–water partition coefficient (Wildman–Crippen LogP) is 5.84. The fourth-order valence-electron chi connectivity index (χ4n) is 6.55. The van der Waals surface area contributed by atoms with Gasteiger partial charge in [0, 0.05) is 46.4 Å². The molecule has 2 amide bonds. The summed E-state index contributed by atoms with van der Waals surface area (Å²) in [5.41, 5.74) is 5.48. The minimum Gasteiger partial charge on any atom is -0.496 e. The van der Waals surface area contributed by atoms with Crippen LogP contribution in [0.1, 0.15) is 52.2 Å². The molecule has 13 nitrogen and oxygen atoms in total. The second-order valence-electron chi connectivity index (χ2n) is 12.7. The molecule has 1 saturated carbocycles. The topological polar surface area (TPSA) is 159 Å². The summed E-state index contributed by atoms with van der Waals surface area (Å²) in [5, 5.41) is 16.8. The molecule has 52 heavy (non-hydrogen) atoms. The largest absolute Gasteiger partial charge is 0.496 e. The maximum Gasteiger partial charge on any atom is 0.414 e. The highest BCUT2D eigenvalue weighted by Gasteiger charge is 2.48. The summed E-state index contributed by atoms with van der Waals surface area (Å²) in [7, 11) is 2.70. The zero-order valence-corrected chi connectivity index (χ0v) is 29.7. The maximum atomic E-state index is 13.3. The summed E-state index contributed by atoms with van der Waals surface area (Å²) < 4.78 is 23.5. The molecule has 0 saturated heterocycles. The number of aromatic nitrogens is 2. The molecule has 2 aliphatic rings. The minimum atomic E-state index is -1.12. The van der Waals surface area contributed by atoms with Crippen LogP contribution in [0.3, 0.4) is 0 Å². The number of fused-ring (bicyclic) bond motifs is 3. The van der Waals surface area contributed by atoms with E-state index in [4.69, 9.17) is 35.7 Å². The molecule has 1 aliphatic carbocycles. The third-order valence-electron chi connectivity index (χ3n) is 9.35. The van der Waals surface area contributed by atoms with Crippen molar-refractivity contribution < 1.29 is 43.2 Å². The van der Waals surface area contributed by atoms with Gasteiger partial charge in [-0.1, -0.05) is 29.8 Å². The monoisotopic (exact) mass is 730 g/mol. The molecule has 1 unspecified atom stereocenters. The number of nitrogens with one attached hydrogen (secondary N) is 1. The fraction of sp³-hybridized carbons (Fsp3) is 0.342. The Hall–Kier alpha value is -5.56. The lowest BCUT2D eigenvalue weighted by Crippen LogP contribution is -2.41. The molecule has 0 spiro atoms.